The summed E-state index contributed by atoms with van der Waals surface area (Å²) in [7, 11) is 0. The van der Waals surface area contributed by atoms with E-state index in [0.717, 1.165) is 19.3 Å². The van der Waals surface area contributed by atoms with Crippen LogP contribution in [0.25, 0.3) is 0 Å². The van der Waals surface area contributed by atoms with Gasteiger partial charge in [-0.05, 0) is 13.3 Å². The summed E-state index contributed by atoms with van der Waals surface area (Å²) in [5, 5.41) is 10.3. The van der Waals surface area contributed by atoms with Crippen LogP contribution in [-0.4, -0.2) is 73.9 Å². The zero-order valence-electron chi connectivity index (χ0n) is 26.3. The molecule has 0 radical (unpaired) electrons. The van der Waals surface area contributed by atoms with Crippen LogP contribution in [0.15, 0.2) is 0 Å². The number of nitrogens with zero attached hydrogens (tertiary/aromatic N) is 2. The van der Waals surface area contributed by atoms with Crippen LogP contribution in [0.5, 0.6) is 0 Å². The van der Waals surface area contributed by atoms with E-state index in [9.17, 15) is 14.7 Å². The van der Waals surface area contributed by atoms with Gasteiger partial charge in [-0.2, -0.15) is 0 Å². The van der Waals surface area contributed by atoms with Crippen molar-refractivity contribution in [3.63, 3.8) is 0 Å². The molecule has 0 aliphatic carbocycles. The maximum Gasteiger partial charge on any atom is 0.508 e. The molecule has 6 rings (SSSR count). The lowest BCUT2D eigenvalue weighted by atomic mass is 9.89. The minimum Gasteiger partial charge on any atom is -1.00 e. The van der Waals surface area contributed by atoms with E-state index >= 15 is 0 Å². The van der Waals surface area contributed by atoms with Crippen LogP contribution in [0.4, 0.5) is 4.79 Å². The smallest absolute Gasteiger partial charge is 0.508 e. The Morgan fingerprint density at radius 3 is 1.34 bits per heavy atom. The van der Waals surface area contributed by atoms with Crippen molar-refractivity contribution in [1.29, 1.82) is 0 Å². The number of unbranched alkanes of at least 4 members (excludes halogenated alkanes) is 11. The summed E-state index contributed by atoms with van der Waals surface area (Å²) >= 11 is 0. The lowest BCUT2D eigenvalue weighted by Crippen LogP contribution is -3.00. The Bertz CT molecular complexity index is 581. The molecular weight excluding hydrogens is 540 g/mol. The van der Waals surface area contributed by atoms with Crippen molar-refractivity contribution in [2.24, 2.45) is 0 Å². The summed E-state index contributed by atoms with van der Waals surface area (Å²) in [6.45, 7) is 12.2. The number of carbonyl (C=O) groups is 2. The van der Waals surface area contributed by atoms with Crippen LogP contribution < -0.4 is 17.5 Å². The van der Waals surface area contributed by atoms with Crippen molar-refractivity contribution >= 4 is 12.1 Å². The molecule has 0 spiro atoms. The maximum absolute atomic E-state index is 11.3. The van der Waals surface area contributed by atoms with Crippen LogP contribution in [0.2, 0.25) is 0 Å². The average Bonchev–Trinajstić information content (AvgIpc) is 2.98. The van der Waals surface area contributed by atoms with Crippen molar-refractivity contribution in [2.75, 3.05) is 45.9 Å². The van der Waals surface area contributed by atoms with Gasteiger partial charge in [0, 0.05) is 51.7 Å². The second kappa shape index (κ2) is 24.2. The van der Waals surface area contributed by atoms with Crippen molar-refractivity contribution in [3.05, 3.63) is 11.8 Å². The first-order valence-electron chi connectivity index (χ1n) is 16.6. The summed E-state index contributed by atoms with van der Waals surface area (Å²) in [6.07, 6.45) is 21.6. The molecule has 6 aliphatic heterocycles. The lowest BCUT2D eigenvalue weighted by molar-refractivity contribution is -0.307. The minimum atomic E-state index is -1.24. The predicted octanol–water partition coefficient (Wildman–Crippen LogP) is 3.49. The topological polar surface area (TPSA) is 82.1 Å². The number of carbonyl (C=O) groups excluding carboxylic acids is 2. The highest BCUT2D eigenvalue weighted by Crippen LogP contribution is 2.29. The molecule has 0 amide bonds. The maximum atomic E-state index is 11.3. The van der Waals surface area contributed by atoms with Gasteiger partial charge in [-0.3, -0.25) is 9.80 Å². The fraction of sp³-hybridized carbons (Fsp3) is 0.879. The molecule has 6 heterocycles. The van der Waals surface area contributed by atoms with E-state index in [1.165, 1.54) is 143 Å². The average molecular weight is 599 g/mol. The number of carboxylic acid groups (broad SMARTS) is 1. The molecule has 41 heavy (non-hydrogen) atoms. The highest BCUT2D eigenvalue weighted by atomic mass is 35.5. The minimum absolute atomic E-state index is 0. The van der Waals surface area contributed by atoms with E-state index in [4.69, 9.17) is 9.47 Å². The summed E-state index contributed by atoms with van der Waals surface area (Å²) in [4.78, 5) is 26.7. The Morgan fingerprint density at radius 1 is 0.683 bits per heavy atom. The summed E-state index contributed by atoms with van der Waals surface area (Å²) in [5.74, 6) is 2.41. The molecule has 8 heteroatoms. The third kappa shape index (κ3) is 19.5. The number of ether oxygens (including phenoxy) is 2. The van der Waals surface area contributed by atoms with E-state index in [-0.39, 0.29) is 18.8 Å². The fourth-order valence-electron chi connectivity index (χ4n) is 5.89. The first-order valence-corrected chi connectivity index (χ1v) is 16.6. The van der Waals surface area contributed by atoms with Gasteiger partial charge in [0.2, 0.25) is 0 Å². The molecule has 0 unspecified atom stereocenters. The molecule has 238 valence electrons. The number of halogens is 1. The molecule has 0 aromatic carbocycles. The number of hydrogen-bond donors (Lipinski definition) is 0. The predicted molar refractivity (Wildman–Crippen MR) is 160 cm³/mol. The van der Waals surface area contributed by atoms with Gasteiger partial charge in [-0.15, -0.1) is 0 Å². The van der Waals surface area contributed by atoms with E-state index in [2.05, 4.69) is 16.7 Å². The quantitative estimate of drug-likeness (QED) is 0.153. The summed E-state index contributed by atoms with van der Waals surface area (Å²) < 4.78 is 9.70. The van der Waals surface area contributed by atoms with Gasteiger partial charge in [0.05, 0.1) is 18.4 Å². The van der Waals surface area contributed by atoms with Crippen molar-refractivity contribution in [3.8, 4) is 0 Å². The molecular formula is C33H59ClN2O5. The van der Waals surface area contributed by atoms with Crippen LogP contribution in [0.1, 0.15) is 136 Å². The summed E-state index contributed by atoms with van der Waals surface area (Å²) in [6, 6.07) is 0. The highest BCUT2D eigenvalue weighted by Gasteiger charge is 2.34. The number of rotatable bonds is 16. The summed E-state index contributed by atoms with van der Waals surface area (Å²) in [5.41, 5.74) is 0. The van der Waals surface area contributed by atoms with Gasteiger partial charge in [-0.1, -0.05) is 77.6 Å². The first-order chi connectivity index (χ1) is 19.5. The van der Waals surface area contributed by atoms with Crippen LogP contribution in [0, 0.1) is 11.8 Å². The van der Waals surface area contributed by atoms with Gasteiger partial charge < -0.3 is 31.8 Å². The first kappa shape index (κ1) is 37.7. The van der Waals surface area contributed by atoms with Gasteiger partial charge in [-0.25, -0.2) is 4.79 Å². The Kier molecular flexibility index (Phi) is 22.2. The normalized spacial score (nSPS) is 18.4. The Morgan fingerprint density at radius 2 is 1.05 bits per heavy atom. The third-order valence-corrected chi connectivity index (χ3v) is 8.66. The van der Waals surface area contributed by atoms with Gasteiger partial charge in [0.25, 0.3) is 0 Å². The zero-order chi connectivity index (χ0) is 28.8. The molecule has 0 N–H and O–H groups in total. The molecule has 1 atom stereocenters. The van der Waals surface area contributed by atoms with E-state index < -0.39 is 18.2 Å². The fourth-order valence-corrected chi connectivity index (χ4v) is 5.89. The van der Waals surface area contributed by atoms with Crippen molar-refractivity contribution in [2.45, 2.75) is 142 Å². The molecule has 6 saturated heterocycles. The number of hydrogen-bond acceptors (Lipinski definition) is 7. The second-order valence-corrected chi connectivity index (χ2v) is 12.2. The monoisotopic (exact) mass is 598 g/mol. The van der Waals surface area contributed by atoms with Gasteiger partial charge in [0.1, 0.15) is 44.6 Å². The number of carboxylic acids is 1. The number of aliphatic carboxylic acids is 1. The molecule has 0 aromatic rings. The molecule has 6 aliphatic rings. The SMILES string of the molecule is C1CN2CC[C+]1CC2.C1CN2CC[C+]1CC2.CCCCCCCCCCCCCCOC(=O)O[C@H](C)CC(=O)[O-].[Cl-]. The number of fused-ring (bicyclic) bond motifs is 6. The largest absolute Gasteiger partial charge is 1.00 e. The molecule has 6 fully saturated rings. The van der Waals surface area contributed by atoms with Crippen molar-refractivity contribution < 1.29 is 36.6 Å². The van der Waals surface area contributed by atoms with E-state index in [1.807, 2.05) is 11.8 Å². The Balaban J connectivity index is 0.000000389. The van der Waals surface area contributed by atoms with E-state index in [0.29, 0.717) is 6.61 Å². The highest BCUT2D eigenvalue weighted by molar-refractivity contribution is 5.66. The van der Waals surface area contributed by atoms with Gasteiger partial charge >= 0.3 is 6.16 Å². The molecule has 0 aromatic heterocycles. The Hall–Kier alpha value is -1.31. The Labute approximate surface area is 257 Å². The van der Waals surface area contributed by atoms with Crippen LogP contribution in [-0.2, 0) is 14.3 Å². The third-order valence-electron chi connectivity index (χ3n) is 8.66. The molecule has 4 bridgehead atoms. The zero-order valence-corrected chi connectivity index (χ0v) is 27.0. The standard InChI is InChI=1S/C19H36O5.2C7H12N.ClH/c1-3-4-5-6-7-8-9-10-11-12-13-14-15-23-19(22)24-17(2)16-18(20)21;2*1-4-8-5-2-7(1)3-6-8;/h17H,3-16H2,1-2H3,(H,20,21);2*1-6H2;1H/q;2*+1;/p-2/t17-;;;/m1.../s1. The van der Waals surface area contributed by atoms with Crippen LogP contribution in [0.3, 0.4) is 0 Å². The molecule has 0 saturated carbocycles. The second-order valence-electron chi connectivity index (χ2n) is 12.2. The molecule has 7 nitrogen and oxygen atoms in total. The number of piperidine rings is 6. The van der Waals surface area contributed by atoms with E-state index in [1.54, 1.807) is 0 Å². The lowest BCUT2D eigenvalue weighted by Gasteiger charge is -2.31. The van der Waals surface area contributed by atoms with Gasteiger partial charge in [0.15, 0.2) is 0 Å². The van der Waals surface area contributed by atoms with Crippen molar-refractivity contribution in [1.82, 2.24) is 9.80 Å². The van der Waals surface area contributed by atoms with Crippen LogP contribution >= 0.6 is 0 Å².